The summed E-state index contributed by atoms with van der Waals surface area (Å²) in [5, 5.41) is 0. The fourth-order valence-electron chi connectivity index (χ4n) is 1.49. The summed E-state index contributed by atoms with van der Waals surface area (Å²) in [6, 6.07) is -0.131. The fraction of sp³-hybridized carbons (Fsp3) is 0.909. The molecule has 0 saturated heterocycles. The van der Waals surface area contributed by atoms with Crippen LogP contribution in [0.1, 0.15) is 20.8 Å². The molecule has 0 aliphatic carbocycles. The van der Waals surface area contributed by atoms with Gasteiger partial charge in [0, 0.05) is 25.9 Å². The summed E-state index contributed by atoms with van der Waals surface area (Å²) < 4.78 is 23.1. The number of carbonyl (C=O) groups excluding carboxylic acids is 1. The molecule has 0 aliphatic rings. The van der Waals surface area contributed by atoms with Gasteiger partial charge in [-0.2, -0.15) is 0 Å². The molecule has 0 bridgehead atoms. The summed E-state index contributed by atoms with van der Waals surface area (Å²) in [5.74, 6) is 0.252. The maximum Gasteiger partial charge on any atom is 0.236 e. The van der Waals surface area contributed by atoms with Gasteiger partial charge in [-0.15, -0.1) is 0 Å². The topological polar surface area (TPSA) is 57.7 Å². The molecule has 0 spiro atoms. The molecule has 0 aromatic heterocycles. The maximum absolute atomic E-state index is 11.6. The smallest absolute Gasteiger partial charge is 0.236 e. The van der Waals surface area contributed by atoms with Crippen molar-refractivity contribution in [2.24, 2.45) is 0 Å². The Morgan fingerprint density at radius 3 is 2.12 bits per heavy atom. The summed E-state index contributed by atoms with van der Waals surface area (Å²) >= 11 is 0. The Morgan fingerprint density at radius 2 is 1.76 bits per heavy atom. The summed E-state index contributed by atoms with van der Waals surface area (Å²) in [5.41, 5.74) is 0. The van der Waals surface area contributed by atoms with Crippen molar-refractivity contribution in [1.29, 1.82) is 0 Å². The van der Waals surface area contributed by atoms with Gasteiger partial charge in [0.1, 0.15) is 0 Å². The van der Waals surface area contributed by atoms with Crippen molar-refractivity contribution in [2.45, 2.75) is 26.8 Å². The zero-order valence-corrected chi connectivity index (χ0v) is 12.2. The molecule has 0 radical (unpaired) electrons. The molecule has 0 aromatic carbocycles. The number of sulfone groups is 1. The predicted octanol–water partition coefficient (Wildman–Crippen LogP) is 0.220. The molecule has 6 heteroatoms. The van der Waals surface area contributed by atoms with Crippen LogP contribution in [-0.4, -0.2) is 68.9 Å². The number of carbonyl (C=O) groups is 1. The molecule has 1 atom stereocenters. The lowest BCUT2D eigenvalue weighted by Crippen LogP contribution is -2.44. The number of likely N-dealkylation sites (N-methyl/N-ethyl adjacent to an activating group) is 2. The average molecular weight is 264 g/mol. The number of amides is 1. The van der Waals surface area contributed by atoms with Gasteiger partial charge in [0.2, 0.25) is 5.91 Å². The summed E-state index contributed by atoms with van der Waals surface area (Å²) in [4.78, 5) is 15.0. The monoisotopic (exact) mass is 264 g/mol. The van der Waals surface area contributed by atoms with Crippen molar-refractivity contribution < 1.29 is 13.2 Å². The highest BCUT2D eigenvalue weighted by Crippen LogP contribution is 2.04. The highest BCUT2D eigenvalue weighted by atomic mass is 32.2. The Morgan fingerprint density at radius 1 is 1.24 bits per heavy atom. The van der Waals surface area contributed by atoms with Crippen LogP contribution in [0.5, 0.6) is 0 Å². The van der Waals surface area contributed by atoms with Gasteiger partial charge in [-0.25, -0.2) is 8.42 Å². The van der Waals surface area contributed by atoms with E-state index in [-0.39, 0.29) is 30.0 Å². The second kappa shape index (κ2) is 6.96. The van der Waals surface area contributed by atoms with Crippen molar-refractivity contribution >= 4 is 15.7 Å². The van der Waals surface area contributed by atoms with Crippen LogP contribution in [0.25, 0.3) is 0 Å². The van der Waals surface area contributed by atoms with Gasteiger partial charge in [0.25, 0.3) is 0 Å². The Labute approximate surface area is 105 Å². The van der Waals surface area contributed by atoms with Crippen LogP contribution in [0.4, 0.5) is 0 Å². The van der Waals surface area contributed by atoms with Gasteiger partial charge >= 0.3 is 0 Å². The van der Waals surface area contributed by atoms with Crippen molar-refractivity contribution in [2.75, 3.05) is 38.7 Å². The molecule has 0 saturated carbocycles. The van der Waals surface area contributed by atoms with Crippen molar-refractivity contribution in [1.82, 2.24) is 9.80 Å². The Balaban J connectivity index is 4.51. The molecule has 0 heterocycles. The van der Waals surface area contributed by atoms with Crippen LogP contribution < -0.4 is 0 Å². The van der Waals surface area contributed by atoms with Crippen LogP contribution in [0, 0.1) is 0 Å². The van der Waals surface area contributed by atoms with Gasteiger partial charge in [-0.05, 0) is 13.5 Å². The van der Waals surface area contributed by atoms with Crippen LogP contribution in [-0.2, 0) is 14.6 Å². The van der Waals surface area contributed by atoms with E-state index in [1.54, 1.807) is 21.0 Å². The number of rotatable bonds is 7. The predicted molar refractivity (Wildman–Crippen MR) is 69.7 cm³/mol. The minimum atomic E-state index is -3.00. The van der Waals surface area contributed by atoms with E-state index < -0.39 is 9.84 Å². The summed E-state index contributed by atoms with van der Waals surface area (Å²) in [6.07, 6.45) is 0. The van der Waals surface area contributed by atoms with E-state index in [4.69, 9.17) is 0 Å². The van der Waals surface area contributed by atoms with E-state index >= 15 is 0 Å². The highest BCUT2D eigenvalue weighted by molar-refractivity contribution is 7.91. The van der Waals surface area contributed by atoms with Gasteiger partial charge in [-0.1, -0.05) is 13.8 Å². The van der Waals surface area contributed by atoms with E-state index in [1.807, 2.05) is 18.7 Å². The minimum Gasteiger partial charge on any atom is -0.348 e. The van der Waals surface area contributed by atoms with Crippen molar-refractivity contribution in [3.8, 4) is 0 Å². The molecule has 0 unspecified atom stereocenters. The second-order valence-corrected chi connectivity index (χ2v) is 6.80. The first-order valence-corrected chi connectivity index (χ1v) is 7.70. The first-order valence-electron chi connectivity index (χ1n) is 5.88. The van der Waals surface area contributed by atoms with Crippen LogP contribution in [0.3, 0.4) is 0 Å². The van der Waals surface area contributed by atoms with Crippen molar-refractivity contribution in [3.05, 3.63) is 0 Å². The standard InChI is InChI=1S/C11H24N2O3S/c1-6-13(8-11(14)12(4)5)10(3)9-17(15,16)7-2/h10H,6-9H2,1-5H3/t10-/m1/s1. The van der Waals surface area contributed by atoms with E-state index in [0.717, 1.165) is 0 Å². The molecule has 0 aliphatic heterocycles. The summed E-state index contributed by atoms with van der Waals surface area (Å²) in [7, 11) is 0.400. The third-order valence-electron chi connectivity index (χ3n) is 2.80. The lowest BCUT2D eigenvalue weighted by molar-refractivity contribution is -0.130. The molecule has 5 nitrogen and oxygen atoms in total. The second-order valence-electron chi connectivity index (χ2n) is 4.40. The lowest BCUT2D eigenvalue weighted by Gasteiger charge is -2.28. The zero-order valence-electron chi connectivity index (χ0n) is 11.4. The molecular formula is C11H24N2O3S. The van der Waals surface area contributed by atoms with Crippen LogP contribution in [0.15, 0.2) is 0 Å². The largest absolute Gasteiger partial charge is 0.348 e. The molecule has 102 valence electrons. The third kappa shape index (κ3) is 6.02. The van der Waals surface area contributed by atoms with Gasteiger partial charge in [-0.3, -0.25) is 9.69 Å². The maximum atomic E-state index is 11.6. The Bertz CT molecular complexity index is 339. The van der Waals surface area contributed by atoms with Gasteiger partial charge in [0.15, 0.2) is 9.84 Å². The molecule has 0 aromatic rings. The van der Waals surface area contributed by atoms with E-state index in [9.17, 15) is 13.2 Å². The molecule has 0 rings (SSSR count). The minimum absolute atomic E-state index is 0.00686. The first kappa shape index (κ1) is 16.4. The zero-order chi connectivity index (χ0) is 13.6. The third-order valence-corrected chi connectivity index (χ3v) is 4.67. The quantitative estimate of drug-likeness (QED) is 0.660. The van der Waals surface area contributed by atoms with Gasteiger partial charge < -0.3 is 4.90 Å². The SMILES string of the molecule is CCN(CC(=O)N(C)C)[C@H](C)CS(=O)(=O)CC. The Kier molecular flexibility index (Phi) is 6.70. The van der Waals surface area contributed by atoms with Gasteiger partial charge in [0.05, 0.1) is 12.3 Å². The lowest BCUT2D eigenvalue weighted by atomic mass is 10.3. The molecule has 1 amide bonds. The van der Waals surface area contributed by atoms with E-state index in [0.29, 0.717) is 6.54 Å². The highest BCUT2D eigenvalue weighted by Gasteiger charge is 2.21. The normalized spacial score (nSPS) is 13.8. The van der Waals surface area contributed by atoms with E-state index in [1.165, 1.54) is 4.90 Å². The fourth-order valence-corrected chi connectivity index (χ4v) is 2.67. The average Bonchev–Trinajstić information content (AvgIpc) is 2.24. The summed E-state index contributed by atoms with van der Waals surface area (Å²) in [6.45, 7) is 6.35. The number of hydrogen-bond acceptors (Lipinski definition) is 4. The van der Waals surface area contributed by atoms with Crippen LogP contribution >= 0.6 is 0 Å². The molecule has 0 N–H and O–H groups in total. The molecule has 0 fully saturated rings. The first-order chi connectivity index (χ1) is 7.73. The van der Waals surface area contributed by atoms with E-state index in [2.05, 4.69) is 0 Å². The molecular weight excluding hydrogens is 240 g/mol. The number of nitrogens with zero attached hydrogens (tertiary/aromatic N) is 2. The van der Waals surface area contributed by atoms with Crippen LogP contribution in [0.2, 0.25) is 0 Å². The number of hydrogen-bond donors (Lipinski definition) is 0. The Hall–Kier alpha value is -0.620. The van der Waals surface area contributed by atoms with Crippen molar-refractivity contribution in [3.63, 3.8) is 0 Å². The molecule has 17 heavy (non-hydrogen) atoms.